The third-order valence-corrected chi connectivity index (χ3v) is 4.25. The van der Waals surface area contributed by atoms with Crippen LogP contribution in [0, 0.1) is 0 Å². The highest BCUT2D eigenvalue weighted by Gasteiger charge is 2.35. The zero-order valence-corrected chi connectivity index (χ0v) is 14.3. The summed E-state index contributed by atoms with van der Waals surface area (Å²) in [6, 6.07) is 1.22. The quantitative estimate of drug-likeness (QED) is 0.674. The van der Waals surface area contributed by atoms with Crippen molar-refractivity contribution in [3.63, 3.8) is 0 Å². The number of nitrogens with zero attached hydrogens (tertiary/aromatic N) is 2. The Morgan fingerprint density at radius 1 is 1.48 bits per heavy atom. The number of aromatic nitrogens is 2. The van der Waals surface area contributed by atoms with Crippen LogP contribution < -0.4 is 15.8 Å². The van der Waals surface area contributed by atoms with Crippen LogP contribution in [0.5, 0.6) is 5.75 Å². The minimum absolute atomic E-state index is 0.00391. The van der Waals surface area contributed by atoms with Gasteiger partial charge in [0.05, 0.1) is 10.6 Å². The molecule has 0 spiro atoms. The second-order valence-corrected chi connectivity index (χ2v) is 6.40. The number of alkyl halides is 3. The van der Waals surface area contributed by atoms with Gasteiger partial charge in [0, 0.05) is 24.2 Å². The van der Waals surface area contributed by atoms with Crippen molar-refractivity contribution < 1.29 is 22.3 Å². The van der Waals surface area contributed by atoms with Crippen molar-refractivity contribution in [1.82, 2.24) is 9.97 Å². The number of benzene rings is 1. The number of fused-ring (bicyclic) bond motifs is 1. The number of halogens is 4. The molecular formula is C14H12ClF3N4O2S. The van der Waals surface area contributed by atoms with E-state index in [2.05, 4.69) is 20.0 Å². The number of hydrogen-bond acceptors (Lipinski definition) is 7. The van der Waals surface area contributed by atoms with Crippen molar-refractivity contribution in [2.75, 3.05) is 11.9 Å². The summed E-state index contributed by atoms with van der Waals surface area (Å²) in [5, 5.41) is 4.55. The number of rotatable bonds is 5. The lowest BCUT2D eigenvalue weighted by atomic mass is 10.2. The number of ether oxygens (including phenoxy) is 1. The molecule has 2 heterocycles. The van der Waals surface area contributed by atoms with Crippen LogP contribution >= 0.6 is 22.9 Å². The zero-order chi connectivity index (χ0) is 18.2. The predicted octanol–water partition coefficient (Wildman–Crippen LogP) is 4.26. The molecule has 3 N–H and O–H groups in total. The Morgan fingerprint density at radius 2 is 2.24 bits per heavy atom. The van der Waals surface area contributed by atoms with Gasteiger partial charge in [0.1, 0.15) is 10.5 Å². The molecule has 0 aliphatic heterocycles. The Morgan fingerprint density at radius 3 is 2.84 bits per heavy atom. The fraction of sp³-hybridized carbons (Fsp3) is 0.286. The predicted molar refractivity (Wildman–Crippen MR) is 88.9 cm³/mol. The second kappa shape index (κ2) is 6.70. The van der Waals surface area contributed by atoms with Crippen LogP contribution in [0.4, 0.5) is 19.2 Å². The van der Waals surface area contributed by atoms with E-state index in [9.17, 15) is 13.2 Å². The topological polar surface area (TPSA) is 86.2 Å². The number of hydrogen-bond donors (Lipinski definition) is 2. The maximum Gasteiger partial charge on any atom is 0.573 e. The standard InChI is InChI=1S/C14H12ClF3N4O2S/c1-6(5-19)21-13-22-8-4-7(15)10(24-14(16,17)18)9(11(8)23-13)12-20-2-3-25-12/h2-4,6H,5,19H2,1H3,(H,21,22)/t6-/m0/s1. The van der Waals surface area contributed by atoms with Gasteiger partial charge in [-0.25, -0.2) is 4.98 Å². The molecular weight excluding hydrogens is 381 g/mol. The third-order valence-electron chi connectivity index (χ3n) is 3.18. The Balaban J connectivity index is 2.21. The summed E-state index contributed by atoms with van der Waals surface area (Å²) in [5.74, 6) is -0.578. The fourth-order valence-electron chi connectivity index (χ4n) is 2.11. The molecule has 0 amide bonds. The molecule has 1 atom stereocenters. The Labute approximate surface area is 148 Å². The van der Waals surface area contributed by atoms with Crippen molar-refractivity contribution in [2.24, 2.45) is 5.73 Å². The van der Waals surface area contributed by atoms with Gasteiger partial charge < -0.3 is 20.2 Å². The fourth-order valence-corrected chi connectivity index (χ4v) is 3.02. The number of thiazole rings is 1. The molecule has 0 radical (unpaired) electrons. The van der Waals surface area contributed by atoms with Crippen molar-refractivity contribution in [1.29, 1.82) is 0 Å². The number of nitrogens with one attached hydrogen (secondary N) is 1. The molecule has 134 valence electrons. The Hall–Kier alpha value is -2.04. The largest absolute Gasteiger partial charge is 0.573 e. The number of nitrogens with two attached hydrogens (primary N) is 1. The van der Waals surface area contributed by atoms with Gasteiger partial charge in [0.2, 0.25) is 0 Å². The van der Waals surface area contributed by atoms with E-state index < -0.39 is 12.1 Å². The number of oxazole rings is 1. The molecule has 3 aromatic rings. The third kappa shape index (κ3) is 3.80. The lowest BCUT2D eigenvalue weighted by molar-refractivity contribution is -0.274. The minimum atomic E-state index is -4.92. The molecule has 2 aromatic heterocycles. The lowest BCUT2D eigenvalue weighted by Crippen LogP contribution is -2.25. The average Bonchev–Trinajstić information content (AvgIpc) is 3.16. The Kier molecular flexibility index (Phi) is 4.76. The van der Waals surface area contributed by atoms with Gasteiger partial charge in [-0.15, -0.1) is 24.5 Å². The van der Waals surface area contributed by atoms with Crippen LogP contribution in [-0.2, 0) is 0 Å². The maximum atomic E-state index is 12.8. The van der Waals surface area contributed by atoms with Crippen molar-refractivity contribution in [3.8, 4) is 16.3 Å². The van der Waals surface area contributed by atoms with Gasteiger partial charge >= 0.3 is 6.36 Å². The first-order chi connectivity index (χ1) is 11.8. The van der Waals surface area contributed by atoms with E-state index in [1.165, 1.54) is 12.3 Å². The van der Waals surface area contributed by atoms with Crippen molar-refractivity contribution in [2.45, 2.75) is 19.3 Å². The molecule has 0 saturated heterocycles. The second-order valence-electron chi connectivity index (χ2n) is 5.10. The summed E-state index contributed by atoms with van der Waals surface area (Å²) in [5.41, 5.74) is 5.89. The van der Waals surface area contributed by atoms with Gasteiger partial charge in [0.15, 0.2) is 11.3 Å². The summed E-state index contributed by atoms with van der Waals surface area (Å²) in [6.07, 6.45) is -3.46. The van der Waals surface area contributed by atoms with Crippen molar-refractivity contribution in [3.05, 3.63) is 22.7 Å². The highest BCUT2D eigenvalue weighted by molar-refractivity contribution is 7.13. The first-order valence-corrected chi connectivity index (χ1v) is 8.29. The van der Waals surface area contributed by atoms with Crippen LogP contribution in [0.2, 0.25) is 5.02 Å². The van der Waals surface area contributed by atoms with Gasteiger partial charge in [-0.05, 0) is 13.0 Å². The maximum absolute atomic E-state index is 12.8. The van der Waals surface area contributed by atoms with E-state index in [1.54, 1.807) is 5.38 Å². The van der Waals surface area contributed by atoms with E-state index in [0.717, 1.165) is 11.3 Å². The average molecular weight is 393 g/mol. The highest BCUT2D eigenvalue weighted by Crippen LogP contribution is 2.45. The summed E-state index contributed by atoms with van der Waals surface area (Å²) in [4.78, 5) is 8.23. The molecule has 11 heteroatoms. The summed E-state index contributed by atoms with van der Waals surface area (Å²) >= 11 is 7.13. The summed E-state index contributed by atoms with van der Waals surface area (Å²) in [6.45, 7) is 2.13. The molecule has 0 aliphatic carbocycles. The van der Waals surface area contributed by atoms with Crippen LogP contribution in [0.1, 0.15) is 6.92 Å². The van der Waals surface area contributed by atoms with Crippen LogP contribution in [0.25, 0.3) is 21.7 Å². The van der Waals surface area contributed by atoms with E-state index in [0.29, 0.717) is 6.54 Å². The van der Waals surface area contributed by atoms with Gasteiger partial charge in [0.25, 0.3) is 6.01 Å². The normalized spacial score (nSPS) is 13.2. The van der Waals surface area contributed by atoms with Crippen LogP contribution in [0.3, 0.4) is 0 Å². The van der Waals surface area contributed by atoms with Gasteiger partial charge in [-0.3, -0.25) is 0 Å². The number of anilines is 1. The van der Waals surface area contributed by atoms with E-state index in [-0.39, 0.29) is 38.7 Å². The molecule has 3 rings (SSSR count). The molecule has 0 aliphatic rings. The van der Waals surface area contributed by atoms with Crippen LogP contribution in [-0.4, -0.2) is 28.9 Å². The first-order valence-electron chi connectivity index (χ1n) is 7.03. The monoisotopic (exact) mass is 392 g/mol. The minimum Gasteiger partial charge on any atom is -0.423 e. The lowest BCUT2D eigenvalue weighted by Gasteiger charge is -2.13. The van der Waals surface area contributed by atoms with E-state index >= 15 is 0 Å². The molecule has 0 unspecified atom stereocenters. The molecule has 1 aromatic carbocycles. The highest BCUT2D eigenvalue weighted by atomic mass is 35.5. The molecule has 25 heavy (non-hydrogen) atoms. The van der Waals surface area contributed by atoms with Gasteiger partial charge in [-0.1, -0.05) is 11.6 Å². The smallest absolute Gasteiger partial charge is 0.423 e. The zero-order valence-electron chi connectivity index (χ0n) is 12.7. The summed E-state index contributed by atoms with van der Waals surface area (Å²) < 4.78 is 48.1. The first kappa shape index (κ1) is 17.8. The van der Waals surface area contributed by atoms with Crippen LogP contribution in [0.15, 0.2) is 22.1 Å². The van der Waals surface area contributed by atoms with Gasteiger partial charge in [-0.2, -0.15) is 4.98 Å². The molecule has 0 bridgehead atoms. The Bertz CT molecular complexity index is 882. The summed E-state index contributed by atoms with van der Waals surface area (Å²) in [7, 11) is 0. The van der Waals surface area contributed by atoms with Crippen molar-refractivity contribution >= 4 is 40.1 Å². The molecule has 0 saturated carbocycles. The van der Waals surface area contributed by atoms with E-state index in [4.69, 9.17) is 21.8 Å². The van der Waals surface area contributed by atoms with E-state index in [1.807, 2.05) is 6.92 Å². The SMILES string of the molecule is C[C@@H](CN)Nc1nc2cc(Cl)c(OC(F)(F)F)c(-c3nccs3)c2o1. The molecule has 6 nitrogen and oxygen atoms in total. The molecule has 0 fully saturated rings.